The maximum atomic E-state index is 12.3. The fourth-order valence-corrected chi connectivity index (χ4v) is 3.77. The minimum atomic E-state index is -0.194. The van der Waals surface area contributed by atoms with E-state index in [2.05, 4.69) is 5.10 Å². The molecule has 3 aromatic rings. The van der Waals surface area contributed by atoms with E-state index in [1.54, 1.807) is 26.4 Å². The van der Waals surface area contributed by atoms with Gasteiger partial charge in [-0.3, -0.25) is 4.79 Å². The topological polar surface area (TPSA) is 60.4 Å². The average Bonchev–Trinajstić information content (AvgIpc) is 3.26. The molecular formula is C25H23ClN2O4. The van der Waals surface area contributed by atoms with E-state index in [0.29, 0.717) is 34.4 Å². The van der Waals surface area contributed by atoms with Crippen molar-refractivity contribution in [3.05, 3.63) is 82.9 Å². The molecule has 1 heterocycles. The molecule has 1 aliphatic rings. The third-order valence-electron chi connectivity index (χ3n) is 5.26. The Bertz CT molecular complexity index is 1140. The summed E-state index contributed by atoms with van der Waals surface area (Å²) in [7, 11) is 3.19. The van der Waals surface area contributed by atoms with Gasteiger partial charge in [0.25, 0.3) is 0 Å². The molecule has 1 amide bonds. The summed E-state index contributed by atoms with van der Waals surface area (Å²) in [6.07, 6.45) is 0.590. The van der Waals surface area contributed by atoms with E-state index in [4.69, 9.17) is 25.8 Å². The van der Waals surface area contributed by atoms with Crippen LogP contribution < -0.4 is 14.2 Å². The molecule has 1 aliphatic heterocycles. The zero-order valence-electron chi connectivity index (χ0n) is 18.0. The van der Waals surface area contributed by atoms with E-state index >= 15 is 0 Å². The fraction of sp³-hybridized carbons (Fsp3) is 0.200. The van der Waals surface area contributed by atoms with Crippen molar-refractivity contribution < 1.29 is 19.0 Å². The lowest BCUT2D eigenvalue weighted by atomic mass is 9.98. The van der Waals surface area contributed by atoms with Crippen LogP contribution in [0.25, 0.3) is 0 Å². The molecule has 1 unspecified atom stereocenters. The van der Waals surface area contributed by atoms with Crippen molar-refractivity contribution in [3.63, 3.8) is 0 Å². The predicted octanol–water partition coefficient (Wildman–Crippen LogP) is 5.85. The maximum absolute atomic E-state index is 12.3. The lowest BCUT2D eigenvalue weighted by Gasteiger charge is -2.20. The number of ether oxygens (including phenoxy) is 3. The molecule has 3 aromatic carbocycles. The highest BCUT2D eigenvalue weighted by atomic mass is 35.5. The highest BCUT2D eigenvalue weighted by molar-refractivity contribution is 6.30. The van der Waals surface area contributed by atoms with Gasteiger partial charge in [-0.1, -0.05) is 23.7 Å². The van der Waals surface area contributed by atoms with Gasteiger partial charge in [0.2, 0.25) is 5.91 Å². The molecule has 0 fully saturated rings. The smallest absolute Gasteiger partial charge is 0.240 e. The molecule has 0 saturated carbocycles. The summed E-state index contributed by atoms with van der Waals surface area (Å²) in [4.78, 5) is 12.3. The van der Waals surface area contributed by atoms with Gasteiger partial charge in [-0.15, -0.1) is 0 Å². The minimum absolute atomic E-state index is 0.119. The van der Waals surface area contributed by atoms with E-state index in [1.165, 1.54) is 11.9 Å². The lowest BCUT2D eigenvalue weighted by molar-refractivity contribution is -0.130. The number of hydrogen-bond donors (Lipinski definition) is 0. The van der Waals surface area contributed by atoms with Gasteiger partial charge < -0.3 is 14.2 Å². The van der Waals surface area contributed by atoms with Crippen LogP contribution in [0.2, 0.25) is 5.02 Å². The van der Waals surface area contributed by atoms with Gasteiger partial charge in [-0.05, 0) is 60.2 Å². The highest BCUT2D eigenvalue weighted by Gasteiger charge is 2.31. The molecule has 0 N–H and O–H groups in total. The third-order valence-corrected chi connectivity index (χ3v) is 5.52. The van der Waals surface area contributed by atoms with E-state index in [0.717, 1.165) is 16.8 Å². The fourth-order valence-electron chi connectivity index (χ4n) is 3.65. The molecule has 7 heteroatoms. The molecule has 0 spiro atoms. The van der Waals surface area contributed by atoms with Crippen LogP contribution in [0.5, 0.6) is 23.0 Å². The zero-order valence-corrected chi connectivity index (χ0v) is 18.8. The number of hydrazone groups is 1. The quantitative estimate of drug-likeness (QED) is 0.472. The molecule has 164 valence electrons. The van der Waals surface area contributed by atoms with E-state index in [1.807, 2.05) is 54.6 Å². The van der Waals surface area contributed by atoms with Crippen molar-refractivity contribution in [1.82, 2.24) is 5.01 Å². The molecule has 6 nitrogen and oxygen atoms in total. The summed E-state index contributed by atoms with van der Waals surface area (Å²) in [6, 6.07) is 20.3. The number of amides is 1. The summed E-state index contributed by atoms with van der Waals surface area (Å²) in [5.41, 5.74) is 2.68. The second kappa shape index (κ2) is 9.32. The number of rotatable bonds is 6. The molecular weight excluding hydrogens is 428 g/mol. The molecule has 0 bridgehead atoms. The molecule has 0 aliphatic carbocycles. The maximum Gasteiger partial charge on any atom is 0.240 e. The predicted molar refractivity (Wildman–Crippen MR) is 124 cm³/mol. The van der Waals surface area contributed by atoms with Crippen LogP contribution in [0.4, 0.5) is 0 Å². The van der Waals surface area contributed by atoms with Crippen LogP contribution in [0.3, 0.4) is 0 Å². The van der Waals surface area contributed by atoms with Crippen molar-refractivity contribution in [2.24, 2.45) is 5.10 Å². The van der Waals surface area contributed by atoms with Crippen LogP contribution in [-0.4, -0.2) is 30.8 Å². The first-order valence-electron chi connectivity index (χ1n) is 10.1. The first-order chi connectivity index (χ1) is 15.5. The number of carbonyl (C=O) groups is 1. The number of benzene rings is 3. The molecule has 0 radical (unpaired) electrons. The summed E-state index contributed by atoms with van der Waals surface area (Å²) >= 11 is 5.92. The summed E-state index contributed by atoms with van der Waals surface area (Å²) in [6.45, 7) is 1.52. The summed E-state index contributed by atoms with van der Waals surface area (Å²) in [5, 5.41) is 6.79. The van der Waals surface area contributed by atoms with Gasteiger partial charge in [0.05, 0.1) is 26.0 Å². The lowest BCUT2D eigenvalue weighted by Crippen LogP contribution is -2.24. The van der Waals surface area contributed by atoms with Crippen LogP contribution >= 0.6 is 11.6 Å². The van der Waals surface area contributed by atoms with Crippen LogP contribution in [-0.2, 0) is 4.79 Å². The van der Waals surface area contributed by atoms with Gasteiger partial charge in [-0.25, -0.2) is 5.01 Å². The van der Waals surface area contributed by atoms with E-state index in [-0.39, 0.29) is 11.9 Å². The van der Waals surface area contributed by atoms with Crippen molar-refractivity contribution in [1.29, 1.82) is 0 Å². The monoisotopic (exact) mass is 450 g/mol. The number of nitrogens with zero attached hydrogens (tertiary/aromatic N) is 2. The van der Waals surface area contributed by atoms with E-state index in [9.17, 15) is 4.79 Å². The Kier molecular flexibility index (Phi) is 6.32. The van der Waals surface area contributed by atoms with Gasteiger partial charge >= 0.3 is 0 Å². The average molecular weight is 451 g/mol. The van der Waals surface area contributed by atoms with Crippen molar-refractivity contribution in [2.75, 3.05) is 14.2 Å². The SMILES string of the molecule is COc1ccc(C2=NN(C(C)=O)C(c3ccc(Oc4ccc(Cl)cc4)cc3)C2)cc1OC. The molecule has 0 aromatic heterocycles. The number of methoxy groups -OCH3 is 2. The Morgan fingerprint density at radius 1 is 0.938 bits per heavy atom. The van der Waals surface area contributed by atoms with Gasteiger partial charge in [0.1, 0.15) is 11.5 Å². The van der Waals surface area contributed by atoms with Crippen molar-refractivity contribution in [3.8, 4) is 23.0 Å². The Hall–Kier alpha value is -3.51. The zero-order chi connectivity index (χ0) is 22.7. The second-order valence-electron chi connectivity index (χ2n) is 7.32. The highest BCUT2D eigenvalue weighted by Crippen LogP contribution is 2.36. The Balaban J connectivity index is 1.55. The molecule has 1 atom stereocenters. The summed E-state index contributed by atoms with van der Waals surface area (Å²) in [5.74, 6) is 2.55. The third kappa shape index (κ3) is 4.55. The first kappa shape index (κ1) is 21.7. The number of hydrogen-bond acceptors (Lipinski definition) is 5. The Morgan fingerprint density at radius 2 is 1.56 bits per heavy atom. The molecule has 32 heavy (non-hydrogen) atoms. The minimum Gasteiger partial charge on any atom is -0.493 e. The molecule has 0 saturated heterocycles. The van der Waals surface area contributed by atoms with Gasteiger partial charge in [-0.2, -0.15) is 5.10 Å². The standard InChI is InChI=1S/C25H23ClN2O4/c1-16(29)28-23(15-22(27-28)18-6-13-24(30-2)25(14-18)31-3)17-4-9-20(10-5-17)32-21-11-7-19(26)8-12-21/h4-14,23H,15H2,1-3H3. The van der Waals surface area contributed by atoms with Crippen molar-refractivity contribution >= 4 is 23.2 Å². The second-order valence-corrected chi connectivity index (χ2v) is 7.76. The van der Waals surface area contributed by atoms with Crippen LogP contribution in [0, 0.1) is 0 Å². The first-order valence-corrected chi connectivity index (χ1v) is 10.5. The Morgan fingerprint density at radius 3 is 2.16 bits per heavy atom. The number of carbonyl (C=O) groups excluding carboxylic acids is 1. The van der Waals surface area contributed by atoms with E-state index < -0.39 is 0 Å². The summed E-state index contributed by atoms with van der Waals surface area (Å²) < 4.78 is 16.6. The van der Waals surface area contributed by atoms with Crippen LogP contribution in [0.15, 0.2) is 71.8 Å². The number of halogens is 1. The normalized spacial score (nSPS) is 15.3. The Labute approximate surface area is 192 Å². The van der Waals surface area contributed by atoms with Crippen molar-refractivity contribution in [2.45, 2.75) is 19.4 Å². The molecule has 4 rings (SSSR count). The van der Waals surface area contributed by atoms with Crippen LogP contribution in [0.1, 0.15) is 30.5 Å². The van der Waals surface area contributed by atoms with Gasteiger partial charge in [0, 0.05) is 23.9 Å². The van der Waals surface area contributed by atoms with Gasteiger partial charge in [0.15, 0.2) is 11.5 Å². The largest absolute Gasteiger partial charge is 0.493 e.